The van der Waals surface area contributed by atoms with Gasteiger partial charge in [0.2, 0.25) is 10.0 Å². The Kier molecular flexibility index (Phi) is 7.21. The fraction of sp³-hybridized carbons (Fsp3) is 0.480. The molecule has 1 aromatic carbocycles. The Morgan fingerprint density at radius 3 is 2.69 bits per heavy atom. The van der Waals surface area contributed by atoms with E-state index in [-0.39, 0.29) is 29.2 Å². The van der Waals surface area contributed by atoms with E-state index >= 15 is 4.39 Å². The van der Waals surface area contributed by atoms with E-state index in [1.807, 2.05) is 11.6 Å². The molecular weight excluding hydrogens is 487 g/mol. The molecule has 1 aliphatic heterocycles. The average Bonchev–Trinajstić information content (AvgIpc) is 3.20. The number of aromatic nitrogens is 2. The van der Waals surface area contributed by atoms with Gasteiger partial charge < -0.3 is 10.1 Å². The van der Waals surface area contributed by atoms with E-state index in [9.17, 15) is 18.0 Å². The lowest BCUT2D eigenvalue weighted by atomic mass is 9.79. The number of carbonyl (C=O) groups excluding carboxylic acids is 2. The molecule has 194 valence electrons. The summed E-state index contributed by atoms with van der Waals surface area (Å²) in [7, 11) is -3.92. The van der Waals surface area contributed by atoms with Crippen molar-refractivity contribution >= 4 is 27.4 Å². The summed E-state index contributed by atoms with van der Waals surface area (Å²) < 4.78 is 48.0. The van der Waals surface area contributed by atoms with Crippen molar-refractivity contribution < 1.29 is 27.1 Å². The highest BCUT2D eigenvalue weighted by Crippen LogP contribution is 2.40. The van der Waals surface area contributed by atoms with E-state index in [1.165, 1.54) is 6.07 Å². The smallest absolute Gasteiger partial charge is 0.270 e. The summed E-state index contributed by atoms with van der Waals surface area (Å²) in [5.74, 6) is -2.03. The second-order valence-electron chi connectivity index (χ2n) is 9.63. The van der Waals surface area contributed by atoms with Crippen molar-refractivity contribution in [1.82, 2.24) is 19.8 Å². The maximum atomic E-state index is 15.3. The standard InChI is InChI=1S/C25H31FN4O5S/c1-4-5-13-35-17-9-10-19(20(26)14-17)25(2)15-18(21-11-12-30(28-21)16-7-6-8-16)22(23(31)27-25)24(32)29-36(3,33)34/h9-12,14,16H,4-8,13,15H2,1-3H3,(H,27,31)(H,29,32). The molecule has 2 heterocycles. The molecule has 0 saturated heterocycles. The maximum Gasteiger partial charge on any atom is 0.270 e. The molecule has 11 heteroatoms. The van der Waals surface area contributed by atoms with Crippen LogP contribution in [-0.2, 0) is 25.2 Å². The molecule has 2 amide bonds. The highest BCUT2D eigenvalue weighted by atomic mass is 32.2. The zero-order chi connectivity index (χ0) is 26.1. The molecule has 2 aliphatic rings. The molecule has 2 aromatic rings. The van der Waals surface area contributed by atoms with Crippen LogP contribution in [0.15, 0.2) is 36.0 Å². The van der Waals surface area contributed by atoms with Crippen LogP contribution in [0.2, 0.25) is 0 Å². The number of sulfonamides is 1. The number of unbranched alkanes of at least 4 members (excludes halogenated alkanes) is 1. The fourth-order valence-corrected chi connectivity index (χ4v) is 4.94. The van der Waals surface area contributed by atoms with Crippen LogP contribution in [0.4, 0.5) is 4.39 Å². The monoisotopic (exact) mass is 518 g/mol. The van der Waals surface area contributed by atoms with Crippen molar-refractivity contribution in [2.24, 2.45) is 0 Å². The van der Waals surface area contributed by atoms with E-state index in [0.717, 1.165) is 38.4 Å². The van der Waals surface area contributed by atoms with Gasteiger partial charge in [-0.2, -0.15) is 5.10 Å². The van der Waals surface area contributed by atoms with Gasteiger partial charge >= 0.3 is 0 Å². The van der Waals surface area contributed by atoms with Crippen molar-refractivity contribution in [1.29, 1.82) is 0 Å². The first-order valence-electron chi connectivity index (χ1n) is 12.1. The van der Waals surface area contributed by atoms with Gasteiger partial charge in [0.05, 0.1) is 30.1 Å². The number of hydrogen-bond acceptors (Lipinski definition) is 6. The molecule has 1 unspecified atom stereocenters. The van der Waals surface area contributed by atoms with Crippen molar-refractivity contribution in [3.05, 3.63) is 53.1 Å². The van der Waals surface area contributed by atoms with Gasteiger partial charge in [-0.15, -0.1) is 0 Å². The summed E-state index contributed by atoms with van der Waals surface area (Å²) in [4.78, 5) is 26.1. The molecule has 36 heavy (non-hydrogen) atoms. The Bertz CT molecular complexity index is 1320. The number of hydrogen-bond donors (Lipinski definition) is 2. The largest absolute Gasteiger partial charge is 0.493 e. The second-order valence-corrected chi connectivity index (χ2v) is 11.4. The minimum Gasteiger partial charge on any atom is -0.493 e. The first-order chi connectivity index (χ1) is 17.0. The number of ether oxygens (including phenoxy) is 1. The topological polar surface area (TPSA) is 119 Å². The summed E-state index contributed by atoms with van der Waals surface area (Å²) in [6.45, 7) is 4.16. The van der Waals surface area contributed by atoms with Gasteiger partial charge in [-0.1, -0.05) is 19.4 Å². The number of halogens is 1. The van der Waals surface area contributed by atoms with Crippen molar-refractivity contribution in [3.8, 4) is 5.75 Å². The van der Waals surface area contributed by atoms with Crippen LogP contribution in [0.25, 0.3) is 5.57 Å². The second kappa shape index (κ2) is 10.0. The third kappa shape index (κ3) is 5.45. The fourth-order valence-electron chi connectivity index (χ4n) is 4.50. The number of benzene rings is 1. The molecule has 1 saturated carbocycles. The number of carbonyl (C=O) groups is 2. The van der Waals surface area contributed by atoms with Gasteiger partial charge in [0.1, 0.15) is 17.1 Å². The number of amides is 2. The molecule has 2 N–H and O–H groups in total. The Labute approximate surface area is 210 Å². The third-order valence-corrected chi connectivity index (χ3v) is 7.18. The first kappa shape index (κ1) is 25.9. The van der Waals surface area contributed by atoms with Crippen LogP contribution in [0.3, 0.4) is 0 Å². The van der Waals surface area contributed by atoms with Crippen LogP contribution in [0, 0.1) is 5.82 Å². The molecule has 0 spiro atoms. The molecule has 4 rings (SSSR count). The van der Waals surface area contributed by atoms with Crippen LogP contribution in [-0.4, -0.2) is 42.9 Å². The summed E-state index contributed by atoms with van der Waals surface area (Å²) in [5, 5.41) is 7.31. The Morgan fingerprint density at radius 1 is 1.33 bits per heavy atom. The lowest BCUT2D eigenvalue weighted by Crippen LogP contribution is -2.51. The van der Waals surface area contributed by atoms with Gasteiger partial charge in [0.15, 0.2) is 0 Å². The average molecular weight is 519 g/mol. The van der Waals surface area contributed by atoms with Gasteiger partial charge in [0.25, 0.3) is 11.8 Å². The van der Waals surface area contributed by atoms with Gasteiger partial charge in [-0.3, -0.25) is 14.3 Å². The van der Waals surface area contributed by atoms with E-state index in [4.69, 9.17) is 4.74 Å². The highest BCUT2D eigenvalue weighted by Gasteiger charge is 2.42. The quantitative estimate of drug-likeness (QED) is 0.389. The van der Waals surface area contributed by atoms with Gasteiger partial charge in [-0.05, 0) is 44.7 Å². The zero-order valence-electron chi connectivity index (χ0n) is 20.6. The highest BCUT2D eigenvalue weighted by molar-refractivity contribution is 7.89. The van der Waals surface area contributed by atoms with Crippen LogP contribution in [0.5, 0.6) is 5.75 Å². The van der Waals surface area contributed by atoms with E-state index in [1.54, 1.807) is 36.0 Å². The summed E-state index contributed by atoms with van der Waals surface area (Å²) in [5.41, 5.74) is -0.716. The molecule has 1 fully saturated rings. The van der Waals surface area contributed by atoms with Crippen LogP contribution >= 0.6 is 0 Å². The van der Waals surface area contributed by atoms with Crippen molar-refractivity contribution in [2.45, 2.75) is 64.0 Å². The first-order valence-corrected chi connectivity index (χ1v) is 14.0. The lowest BCUT2D eigenvalue weighted by molar-refractivity contribution is -0.124. The normalized spacial score (nSPS) is 20.6. The van der Waals surface area contributed by atoms with Gasteiger partial charge in [0, 0.05) is 29.8 Å². The number of nitrogens with zero attached hydrogens (tertiary/aromatic N) is 2. The lowest BCUT2D eigenvalue weighted by Gasteiger charge is -2.37. The SMILES string of the molecule is CCCCOc1ccc(C2(C)CC(c3ccn(C4CCC4)n3)=C(C(=O)NS(C)(=O)=O)C(=O)N2)c(F)c1. The van der Waals surface area contributed by atoms with Gasteiger partial charge in [-0.25, -0.2) is 17.5 Å². The Balaban J connectivity index is 1.73. The van der Waals surface area contributed by atoms with E-state index in [0.29, 0.717) is 18.1 Å². The summed E-state index contributed by atoms with van der Waals surface area (Å²) in [6, 6.07) is 6.42. The molecule has 0 bridgehead atoms. The molecule has 1 aliphatic carbocycles. The molecular formula is C25H31FN4O5S. The predicted octanol–water partition coefficient (Wildman–Crippen LogP) is 3.19. The predicted molar refractivity (Wildman–Crippen MR) is 132 cm³/mol. The zero-order valence-corrected chi connectivity index (χ0v) is 21.5. The minimum absolute atomic E-state index is 0.0277. The van der Waals surface area contributed by atoms with E-state index < -0.39 is 33.2 Å². The molecule has 9 nitrogen and oxygen atoms in total. The maximum absolute atomic E-state index is 15.3. The summed E-state index contributed by atoms with van der Waals surface area (Å²) >= 11 is 0. The third-order valence-electron chi connectivity index (χ3n) is 6.62. The van der Waals surface area contributed by atoms with Crippen LogP contribution in [0.1, 0.15) is 69.7 Å². The molecule has 0 radical (unpaired) electrons. The number of nitrogens with one attached hydrogen (secondary N) is 2. The summed E-state index contributed by atoms with van der Waals surface area (Å²) in [6.07, 6.45) is 7.51. The van der Waals surface area contributed by atoms with Crippen LogP contribution < -0.4 is 14.8 Å². The van der Waals surface area contributed by atoms with Crippen molar-refractivity contribution in [2.75, 3.05) is 12.9 Å². The minimum atomic E-state index is -3.92. The number of rotatable bonds is 9. The van der Waals surface area contributed by atoms with E-state index in [2.05, 4.69) is 10.4 Å². The molecule has 1 atom stereocenters. The molecule has 1 aromatic heterocycles. The Morgan fingerprint density at radius 2 is 2.08 bits per heavy atom. The van der Waals surface area contributed by atoms with Crippen molar-refractivity contribution in [3.63, 3.8) is 0 Å². The Hall–Kier alpha value is -3.21.